The lowest BCUT2D eigenvalue weighted by Gasteiger charge is -2.24. The number of hydrogen-bond donors (Lipinski definition) is 0. The largest absolute Gasteiger partial charge is 0.0622 e. The van der Waals surface area contributed by atoms with E-state index in [0.717, 1.165) is 23.7 Å². The van der Waals surface area contributed by atoms with Crippen molar-refractivity contribution in [3.63, 3.8) is 0 Å². The van der Waals surface area contributed by atoms with Crippen LogP contribution >= 0.6 is 0 Å². The number of fused-ring (bicyclic) bond motifs is 1. The lowest BCUT2D eigenvalue weighted by Crippen LogP contribution is -2.15. The first-order valence-electron chi connectivity index (χ1n) is 4.29. The van der Waals surface area contributed by atoms with Crippen LogP contribution in [0.4, 0.5) is 0 Å². The normalized spacial score (nSPS) is 56.7. The molecular formula is C9H16. The Bertz CT molecular complexity index is 115. The van der Waals surface area contributed by atoms with Crippen molar-refractivity contribution < 1.29 is 0 Å². The SMILES string of the molecule is CC1CCC2CC2[C@@H]1C. The van der Waals surface area contributed by atoms with E-state index in [1.807, 2.05) is 0 Å². The summed E-state index contributed by atoms with van der Waals surface area (Å²) in [6, 6.07) is 0. The van der Waals surface area contributed by atoms with Crippen LogP contribution in [0, 0.1) is 23.7 Å². The highest BCUT2D eigenvalue weighted by atomic mass is 14.5. The van der Waals surface area contributed by atoms with Crippen LogP contribution in [-0.4, -0.2) is 0 Å². The summed E-state index contributed by atoms with van der Waals surface area (Å²) in [6.07, 6.45) is 4.60. The smallest absolute Gasteiger partial charge is 0.0355 e. The second kappa shape index (κ2) is 1.74. The minimum atomic E-state index is 1.02. The van der Waals surface area contributed by atoms with Gasteiger partial charge in [0.2, 0.25) is 0 Å². The van der Waals surface area contributed by atoms with Gasteiger partial charge in [-0.1, -0.05) is 20.3 Å². The van der Waals surface area contributed by atoms with E-state index in [4.69, 9.17) is 0 Å². The van der Waals surface area contributed by atoms with Crippen molar-refractivity contribution in [1.29, 1.82) is 0 Å². The lowest BCUT2D eigenvalue weighted by molar-refractivity contribution is 0.259. The van der Waals surface area contributed by atoms with Gasteiger partial charge in [0.15, 0.2) is 0 Å². The molecule has 0 aromatic rings. The van der Waals surface area contributed by atoms with Gasteiger partial charge in [-0.2, -0.15) is 0 Å². The summed E-state index contributed by atoms with van der Waals surface area (Å²) < 4.78 is 0. The standard InChI is InChI=1S/C9H16/c1-6-3-4-8-5-9(8)7(6)2/h6-9H,3-5H2,1-2H3/t6?,7-,8?,9?/m1/s1. The van der Waals surface area contributed by atoms with E-state index in [9.17, 15) is 0 Å². The number of hydrogen-bond acceptors (Lipinski definition) is 0. The summed E-state index contributed by atoms with van der Waals surface area (Å²) in [4.78, 5) is 0. The maximum absolute atomic E-state index is 2.44. The highest BCUT2D eigenvalue weighted by molar-refractivity contribution is 4.95. The first-order chi connectivity index (χ1) is 4.29. The van der Waals surface area contributed by atoms with Crippen molar-refractivity contribution in [3.05, 3.63) is 0 Å². The molecule has 0 N–H and O–H groups in total. The van der Waals surface area contributed by atoms with E-state index in [1.54, 1.807) is 6.42 Å². The van der Waals surface area contributed by atoms with Crippen molar-refractivity contribution in [2.45, 2.75) is 33.1 Å². The molecule has 0 spiro atoms. The molecule has 9 heavy (non-hydrogen) atoms. The summed E-state index contributed by atoms with van der Waals surface area (Å²) in [5.41, 5.74) is 0. The first-order valence-corrected chi connectivity index (χ1v) is 4.29. The summed E-state index contributed by atoms with van der Waals surface area (Å²) in [5.74, 6) is 4.38. The Labute approximate surface area is 57.6 Å². The van der Waals surface area contributed by atoms with Gasteiger partial charge < -0.3 is 0 Å². The summed E-state index contributed by atoms with van der Waals surface area (Å²) in [6.45, 7) is 4.85. The molecule has 2 fully saturated rings. The van der Waals surface area contributed by atoms with Gasteiger partial charge in [-0.05, 0) is 36.5 Å². The van der Waals surface area contributed by atoms with Gasteiger partial charge in [0.1, 0.15) is 0 Å². The molecule has 2 saturated carbocycles. The fourth-order valence-electron chi connectivity index (χ4n) is 2.41. The zero-order valence-corrected chi connectivity index (χ0v) is 6.43. The maximum Gasteiger partial charge on any atom is -0.0355 e. The van der Waals surface area contributed by atoms with Crippen LogP contribution in [0.2, 0.25) is 0 Å². The van der Waals surface area contributed by atoms with Crippen molar-refractivity contribution in [2.24, 2.45) is 23.7 Å². The van der Waals surface area contributed by atoms with Gasteiger partial charge in [0.25, 0.3) is 0 Å². The minimum Gasteiger partial charge on any atom is -0.0622 e. The molecule has 0 heteroatoms. The Morgan fingerprint density at radius 1 is 1.11 bits per heavy atom. The van der Waals surface area contributed by atoms with Gasteiger partial charge in [0.05, 0.1) is 0 Å². The van der Waals surface area contributed by atoms with Crippen molar-refractivity contribution in [3.8, 4) is 0 Å². The second-order valence-corrected chi connectivity index (χ2v) is 4.07. The summed E-state index contributed by atoms with van der Waals surface area (Å²) in [5, 5.41) is 0. The summed E-state index contributed by atoms with van der Waals surface area (Å²) >= 11 is 0. The van der Waals surface area contributed by atoms with Gasteiger partial charge in [-0.15, -0.1) is 0 Å². The summed E-state index contributed by atoms with van der Waals surface area (Å²) in [7, 11) is 0. The molecule has 0 aliphatic heterocycles. The molecule has 0 saturated heterocycles. The van der Waals surface area contributed by atoms with Gasteiger partial charge in [0, 0.05) is 0 Å². The van der Waals surface area contributed by atoms with E-state index >= 15 is 0 Å². The Balaban J connectivity index is 2.02. The highest BCUT2D eigenvalue weighted by Gasteiger charge is 2.45. The van der Waals surface area contributed by atoms with Crippen LogP contribution in [0.15, 0.2) is 0 Å². The van der Waals surface area contributed by atoms with Crippen LogP contribution in [-0.2, 0) is 0 Å². The minimum absolute atomic E-state index is 1.02. The Kier molecular flexibility index (Phi) is 1.12. The molecule has 4 atom stereocenters. The fourth-order valence-corrected chi connectivity index (χ4v) is 2.41. The van der Waals surface area contributed by atoms with Crippen molar-refractivity contribution in [1.82, 2.24) is 0 Å². The molecule has 0 nitrogen and oxygen atoms in total. The zero-order chi connectivity index (χ0) is 6.43. The van der Waals surface area contributed by atoms with Crippen LogP contribution in [0.3, 0.4) is 0 Å². The molecule has 0 heterocycles. The quantitative estimate of drug-likeness (QED) is 0.465. The molecule has 2 rings (SSSR count). The molecule has 2 aliphatic rings. The van der Waals surface area contributed by atoms with Gasteiger partial charge in [-0.3, -0.25) is 0 Å². The van der Waals surface area contributed by atoms with Crippen molar-refractivity contribution in [2.75, 3.05) is 0 Å². The van der Waals surface area contributed by atoms with E-state index in [0.29, 0.717) is 0 Å². The fraction of sp³-hybridized carbons (Fsp3) is 1.00. The zero-order valence-electron chi connectivity index (χ0n) is 6.43. The van der Waals surface area contributed by atoms with E-state index in [2.05, 4.69) is 13.8 Å². The van der Waals surface area contributed by atoms with Crippen LogP contribution < -0.4 is 0 Å². The Morgan fingerprint density at radius 3 is 2.56 bits per heavy atom. The van der Waals surface area contributed by atoms with Gasteiger partial charge >= 0.3 is 0 Å². The Hall–Kier alpha value is 0. The molecule has 2 aliphatic carbocycles. The molecule has 0 amide bonds. The molecule has 3 unspecified atom stereocenters. The molecule has 0 radical (unpaired) electrons. The molecular weight excluding hydrogens is 108 g/mol. The number of rotatable bonds is 0. The average molecular weight is 124 g/mol. The van der Waals surface area contributed by atoms with Crippen LogP contribution in [0.5, 0.6) is 0 Å². The molecule has 0 bridgehead atoms. The van der Waals surface area contributed by atoms with E-state index in [1.165, 1.54) is 12.8 Å². The predicted octanol–water partition coefficient (Wildman–Crippen LogP) is 2.69. The average Bonchev–Trinajstić information content (AvgIpc) is 2.58. The second-order valence-electron chi connectivity index (χ2n) is 4.07. The third kappa shape index (κ3) is 0.798. The molecule has 0 aromatic carbocycles. The van der Waals surface area contributed by atoms with Crippen LogP contribution in [0.25, 0.3) is 0 Å². The molecule has 0 aromatic heterocycles. The Morgan fingerprint density at radius 2 is 1.89 bits per heavy atom. The molecule has 52 valence electrons. The van der Waals surface area contributed by atoms with Crippen LogP contribution in [0.1, 0.15) is 33.1 Å². The monoisotopic (exact) mass is 124 g/mol. The third-order valence-electron chi connectivity index (χ3n) is 3.54. The van der Waals surface area contributed by atoms with E-state index in [-0.39, 0.29) is 0 Å². The lowest BCUT2D eigenvalue weighted by atomic mass is 9.82. The van der Waals surface area contributed by atoms with Crippen molar-refractivity contribution >= 4 is 0 Å². The highest BCUT2D eigenvalue weighted by Crippen LogP contribution is 2.54. The maximum atomic E-state index is 2.44. The van der Waals surface area contributed by atoms with Gasteiger partial charge in [-0.25, -0.2) is 0 Å². The van der Waals surface area contributed by atoms with E-state index < -0.39 is 0 Å². The first kappa shape index (κ1) is 5.76. The topological polar surface area (TPSA) is 0 Å². The third-order valence-corrected chi connectivity index (χ3v) is 3.54. The predicted molar refractivity (Wildman–Crippen MR) is 39.2 cm³/mol.